The molecule has 0 saturated heterocycles. The smallest absolute Gasteiger partial charge is 0.356 e. The Morgan fingerprint density at radius 2 is 2.08 bits per heavy atom. The molecular formula is C19H17Cl2N3O2. The van der Waals surface area contributed by atoms with Gasteiger partial charge in [0.15, 0.2) is 5.69 Å². The van der Waals surface area contributed by atoms with Gasteiger partial charge in [-0.2, -0.15) is 5.26 Å². The number of nitrogens with zero attached hydrogens (tertiary/aromatic N) is 3. The molecule has 0 amide bonds. The van der Waals surface area contributed by atoms with Crippen LogP contribution in [0.1, 0.15) is 52.8 Å². The zero-order chi connectivity index (χ0) is 19.2. The van der Waals surface area contributed by atoms with Crippen molar-refractivity contribution in [3.63, 3.8) is 0 Å². The molecular weight excluding hydrogens is 373 g/mol. The highest BCUT2D eigenvalue weighted by molar-refractivity contribution is 6.37. The number of hydrogen-bond donors (Lipinski definition) is 1. The molecule has 2 unspecified atom stereocenters. The van der Waals surface area contributed by atoms with Crippen LogP contribution < -0.4 is 0 Å². The maximum absolute atomic E-state index is 11.3. The molecule has 2 heterocycles. The van der Waals surface area contributed by atoms with Crippen molar-refractivity contribution in [1.29, 1.82) is 5.26 Å². The summed E-state index contributed by atoms with van der Waals surface area (Å²) in [7, 11) is 1.92. The SMILES string of the molecule is CC1C(C#N)=Cc2c(cc(Cc3c(Cl)cnc(C(=O)O)c3Cl)n2C)C1C. The van der Waals surface area contributed by atoms with Crippen LogP contribution in [0.25, 0.3) is 6.08 Å². The Morgan fingerprint density at radius 3 is 2.69 bits per heavy atom. The summed E-state index contributed by atoms with van der Waals surface area (Å²) in [6, 6.07) is 4.36. The molecule has 0 spiro atoms. The highest BCUT2D eigenvalue weighted by Gasteiger charge is 2.29. The van der Waals surface area contributed by atoms with Crippen molar-refractivity contribution < 1.29 is 9.90 Å². The van der Waals surface area contributed by atoms with Crippen LogP contribution in [-0.2, 0) is 13.5 Å². The average molecular weight is 390 g/mol. The highest BCUT2D eigenvalue weighted by Crippen LogP contribution is 2.40. The molecule has 5 nitrogen and oxygen atoms in total. The Kier molecular flexibility index (Phi) is 4.83. The Bertz CT molecular complexity index is 986. The number of hydrogen-bond acceptors (Lipinski definition) is 3. The summed E-state index contributed by atoms with van der Waals surface area (Å²) in [6.45, 7) is 4.15. The number of carboxylic acid groups (broad SMARTS) is 1. The molecule has 2 aromatic rings. The van der Waals surface area contributed by atoms with Crippen molar-refractivity contribution in [2.45, 2.75) is 26.2 Å². The number of carbonyl (C=O) groups is 1. The van der Waals surface area contributed by atoms with Crippen LogP contribution >= 0.6 is 23.2 Å². The van der Waals surface area contributed by atoms with Crippen molar-refractivity contribution in [2.24, 2.45) is 13.0 Å². The van der Waals surface area contributed by atoms with Gasteiger partial charge in [-0.15, -0.1) is 0 Å². The fraction of sp³-hybridized carbons (Fsp3) is 0.316. The number of allylic oxidation sites excluding steroid dienone is 1. The third-order valence-corrected chi connectivity index (χ3v) is 5.92. The number of nitriles is 1. The standard InChI is InChI=1S/C19H17Cl2N3O2/c1-9-10(2)13-5-12(24(3)16(13)4-11(9)7-22)6-14-15(20)8-23-18(17(14)21)19(25)26/h4-5,8-10H,6H2,1-3H3,(H,25,26). The lowest BCUT2D eigenvalue weighted by Gasteiger charge is -2.24. The predicted molar refractivity (Wildman–Crippen MR) is 101 cm³/mol. The first-order chi connectivity index (χ1) is 12.3. The van der Waals surface area contributed by atoms with E-state index in [1.807, 2.05) is 24.6 Å². The summed E-state index contributed by atoms with van der Waals surface area (Å²) in [4.78, 5) is 15.1. The van der Waals surface area contributed by atoms with Crippen LogP contribution in [0.2, 0.25) is 10.0 Å². The zero-order valence-electron chi connectivity index (χ0n) is 14.5. The molecule has 0 fully saturated rings. The lowest BCUT2D eigenvalue weighted by atomic mass is 9.79. The second kappa shape index (κ2) is 6.79. The Morgan fingerprint density at radius 1 is 1.38 bits per heavy atom. The van der Waals surface area contributed by atoms with E-state index in [0.29, 0.717) is 17.0 Å². The highest BCUT2D eigenvalue weighted by atomic mass is 35.5. The lowest BCUT2D eigenvalue weighted by Crippen LogP contribution is -2.14. The minimum absolute atomic E-state index is 0.0545. The topological polar surface area (TPSA) is 78.9 Å². The molecule has 0 radical (unpaired) electrons. The predicted octanol–water partition coefficient (Wildman–Crippen LogP) is 4.68. The third kappa shape index (κ3) is 2.90. The first kappa shape index (κ1) is 18.5. The van der Waals surface area contributed by atoms with Crippen LogP contribution in [0.5, 0.6) is 0 Å². The van der Waals surface area contributed by atoms with E-state index in [9.17, 15) is 15.2 Å². The molecule has 1 aliphatic rings. The number of aromatic carboxylic acids is 1. The maximum Gasteiger partial charge on any atom is 0.356 e. The van der Waals surface area contributed by atoms with Gasteiger partial charge in [0.05, 0.1) is 16.1 Å². The first-order valence-electron chi connectivity index (χ1n) is 8.12. The second-order valence-electron chi connectivity index (χ2n) is 6.55. The summed E-state index contributed by atoms with van der Waals surface area (Å²) >= 11 is 12.5. The maximum atomic E-state index is 11.3. The van der Waals surface area contributed by atoms with Crippen molar-refractivity contribution in [3.05, 3.63) is 56.1 Å². The third-order valence-electron chi connectivity index (χ3n) is 5.19. The molecule has 0 aliphatic heterocycles. The fourth-order valence-corrected chi connectivity index (χ4v) is 3.92. The van der Waals surface area contributed by atoms with E-state index in [1.165, 1.54) is 6.20 Å². The van der Waals surface area contributed by atoms with Gasteiger partial charge in [0.1, 0.15) is 0 Å². The number of aromatic nitrogens is 2. The van der Waals surface area contributed by atoms with E-state index in [4.69, 9.17) is 23.2 Å². The molecule has 0 aromatic carbocycles. The largest absolute Gasteiger partial charge is 0.476 e. The van der Waals surface area contributed by atoms with Crippen molar-refractivity contribution >= 4 is 35.2 Å². The van der Waals surface area contributed by atoms with Crippen LogP contribution in [-0.4, -0.2) is 20.6 Å². The Labute approximate surface area is 161 Å². The van der Waals surface area contributed by atoms with E-state index in [0.717, 1.165) is 22.5 Å². The summed E-state index contributed by atoms with van der Waals surface area (Å²) in [5, 5.41) is 19.0. The number of rotatable bonds is 3. The molecule has 0 bridgehead atoms. The minimum Gasteiger partial charge on any atom is -0.476 e. The van der Waals surface area contributed by atoms with Crippen LogP contribution in [0.4, 0.5) is 0 Å². The van der Waals surface area contributed by atoms with Gasteiger partial charge in [-0.25, -0.2) is 9.78 Å². The number of pyridine rings is 1. The van der Waals surface area contributed by atoms with Crippen molar-refractivity contribution in [2.75, 3.05) is 0 Å². The average Bonchev–Trinajstić information content (AvgIpc) is 2.90. The van der Waals surface area contributed by atoms with Gasteiger partial charge in [0, 0.05) is 36.6 Å². The molecule has 1 N–H and O–H groups in total. The van der Waals surface area contributed by atoms with Gasteiger partial charge in [-0.3, -0.25) is 0 Å². The van der Waals surface area contributed by atoms with Crippen LogP contribution in [0, 0.1) is 17.2 Å². The number of carboxylic acids is 1. The van der Waals surface area contributed by atoms with Gasteiger partial charge in [-0.1, -0.05) is 37.0 Å². The summed E-state index contributed by atoms with van der Waals surface area (Å²) in [5.74, 6) is -0.833. The molecule has 2 aromatic heterocycles. The first-order valence-corrected chi connectivity index (χ1v) is 8.88. The van der Waals surface area contributed by atoms with Crippen LogP contribution in [0.3, 0.4) is 0 Å². The van der Waals surface area contributed by atoms with E-state index in [-0.39, 0.29) is 22.6 Å². The van der Waals surface area contributed by atoms with Gasteiger partial charge in [0.25, 0.3) is 0 Å². The molecule has 134 valence electrons. The zero-order valence-corrected chi connectivity index (χ0v) is 16.1. The fourth-order valence-electron chi connectivity index (χ4n) is 3.36. The summed E-state index contributed by atoms with van der Waals surface area (Å²) in [5.41, 5.74) is 4.17. The van der Waals surface area contributed by atoms with Crippen molar-refractivity contribution in [1.82, 2.24) is 9.55 Å². The summed E-state index contributed by atoms with van der Waals surface area (Å²) in [6.07, 6.45) is 3.61. The van der Waals surface area contributed by atoms with Gasteiger partial charge in [0.2, 0.25) is 0 Å². The van der Waals surface area contributed by atoms with E-state index in [1.54, 1.807) is 0 Å². The van der Waals surface area contributed by atoms with E-state index >= 15 is 0 Å². The number of fused-ring (bicyclic) bond motifs is 1. The molecule has 3 rings (SSSR count). The van der Waals surface area contributed by atoms with E-state index < -0.39 is 5.97 Å². The molecule has 26 heavy (non-hydrogen) atoms. The lowest BCUT2D eigenvalue weighted by molar-refractivity contribution is 0.0690. The molecule has 0 saturated carbocycles. The summed E-state index contributed by atoms with van der Waals surface area (Å²) < 4.78 is 2.00. The van der Waals surface area contributed by atoms with Crippen LogP contribution in [0.15, 0.2) is 17.8 Å². The van der Waals surface area contributed by atoms with E-state index in [2.05, 4.69) is 24.0 Å². The normalized spacial score (nSPS) is 18.8. The Balaban J connectivity index is 2.09. The van der Waals surface area contributed by atoms with Gasteiger partial charge < -0.3 is 9.67 Å². The number of halogens is 2. The van der Waals surface area contributed by atoms with Gasteiger partial charge >= 0.3 is 5.97 Å². The molecule has 1 aliphatic carbocycles. The second-order valence-corrected chi connectivity index (χ2v) is 7.34. The molecule has 7 heteroatoms. The molecule has 2 atom stereocenters. The monoisotopic (exact) mass is 389 g/mol. The Hall–Kier alpha value is -2.29. The minimum atomic E-state index is -1.19. The quantitative estimate of drug-likeness (QED) is 0.826. The van der Waals surface area contributed by atoms with Gasteiger partial charge in [-0.05, 0) is 35.1 Å². The van der Waals surface area contributed by atoms with Crippen molar-refractivity contribution in [3.8, 4) is 6.07 Å².